The molecule has 0 fully saturated rings. The number of hydrogen-bond acceptors (Lipinski definition) is 5. The van der Waals surface area contributed by atoms with E-state index in [0.29, 0.717) is 18.8 Å². The van der Waals surface area contributed by atoms with Crippen LogP contribution in [0.1, 0.15) is 104 Å². The van der Waals surface area contributed by atoms with Gasteiger partial charge in [0.25, 0.3) is 5.91 Å². The monoisotopic (exact) mass is 526 g/mol. The average Bonchev–Trinajstić information content (AvgIpc) is 2.87. The van der Waals surface area contributed by atoms with Gasteiger partial charge in [0.1, 0.15) is 6.10 Å². The number of nitrogens with zero attached hydrogens (tertiary/aromatic N) is 1. The van der Waals surface area contributed by atoms with Gasteiger partial charge in [0.05, 0.1) is 6.61 Å². The molecule has 0 saturated heterocycles. The number of aliphatic hydroxyl groups is 2. The minimum Gasteiger partial charge on any atom is -0.396 e. The van der Waals surface area contributed by atoms with E-state index in [9.17, 15) is 19.8 Å². The molecule has 210 valence electrons. The maximum Gasteiger partial charge on any atom is 0.252 e. The molecule has 0 bridgehead atoms. The Morgan fingerprint density at radius 1 is 0.917 bits per heavy atom. The third kappa shape index (κ3) is 18.0. The van der Waals surface area contributed by atoms with Crippen molar-refractivity contribution in [3.05, 3.63) is 24.3 Å². The largest absolute Gasteiger partial charge is 0.396 e. The first kappa shape index (κ1) is 34.7. The Hall–Kier alpha value is -1.31. The Morgan fingerprint density at radius 2 is 1.50 bits per heavy atom. The summed E-state index contributed by atoms with van der Waals surface area (Å²) in [5, 5.41) is 22.8. The maximum atomic E-state index is 12.9. The van der Waals surface area contributed by atoms with Crippen molar-refractivity contribution in [3.63, 3.8) is 0 Å². The first-order valence-electron chi connectivity index (χ1n) is 14.0. The van der Waals surface area contributed by atoms with E-state index in [1.165, 1.54) is 44.9 Å². The fourth-order valence-corrected chi connectivity index (χ4v) is 3.85. The van der Waals surface area contributed by atoms with E-state index in [4.69, 9.17) is 0 Å². The molecule has 0 rings (SSSR count). The molecule has 0 heterocycles. The molecule has 0 aromatic rings. The highest BCUT2D eigenvalue weighted by Crippen LogP contribution is 2.22. The number of rotatable bonds is 23. The smallest absolute Gasteiger partial charge is 0.252 e. The molecule has 0 spiro atoms. The van der Waals surface area contributed by atoms with Crippen LogP contribution in [0.2, 0.25) is 0 Å². The van der Waals surface area contributed by atoms with Gasteiger partial charge in [0, 0.05) is 37.2 Å². The number of unbranched alkanes of at least 4 members (excludes halogenated alkanes) is 9. The van der Waals surface area contributed by atoms with E-state index in [2.05, 4.69) is 49.2 Å². The van der Waals surface area contributed by atoms with Gasteiger partial charge in [-0.1, -0.05) is 83.6 Å². The van der Waals surface area contributed by atoms with Gasteiger partial charge >= 0.3 is 0 Å². The molecule has 6 nitrogen and oxygen atoms in total. The lowest BCUT2D eigenvalue weighted by Gasteiger charge is -2.32. The van der Waals surface area contributed by atoms with Crippen LogP contribution in [0.4, 0.5) is 0 Å². The van der Waals surface area contributed by atoms with Crippen LogP contribution in [0, 0.1) is 5.41 Å². The van der Waals surface area contributed by atoms with Crippen LogP contribution in [0.15, 0.2) is 24.3 Å². The zero-order valence-corrected chi connectivity index (χ0v) is 24.1. The van der Waals surface area contributed by atoms with Gasteiger partial charge in [-0.2, -0.15) is 12.6 Å². The van der Waals surface area contributed by atoms with Gasteiger partial charge in [-0.05, 0) is 38.5 Å². The zero-order valence-electron chi connectivity index (χ0n) is 23.2. The number of nitrogens with one attached hydrogen (secondary N) is 1. The molecule has 0 saturated carbocycles. The summed E-state index contributed by atoms with van der Waals surface area (Å²) in [6.45, 7) is 6.52. The highest BCUT2D eigenvalue weighted by Gasteiger charge is 2.35. The molecule has 0 unspecified atom stereocenters. The third-order valence-electron chi connectivity index (χ3n) is 6.36. The molecule has 7 heteroatoms. The molecule has 1 atom stereocenters. The normalized spacial score (nSPS) is 12.9. The summed E-state index contributed by atoms with van der Waals surface area (Å²) in [4.78, 5) is 26.4. The van der Waals surface area contributed by atoms with Crippen molar-refractivity contribution in [1.82, 2.24) is 10.2 Å². The molecular weight excluding hydrogens is 472 g/mol. The average molecular weight is 527 g/mol. The predicted octanol–water partition coefficient (Wildman–Crippen LogP) is 5.44. The Balaban J connectivity index is 4.21. The van der Waals surface area contributed by atoms with Crippen molar-refractivity contribution in [2.45, 2.75) is 110 Å². The second-order valence-corrected chi connectivity index (χ2v) is 10.7. The molecule has 3 N–H and O–H groups in total. The molecule has 36 heavy (non-hydrogen) atoms. The van der Waals surface area contributed by atoms with Crippen molar-refractivity contribution < 1.29 is 19.8 Å². The molecule has 0 aliphatic rings. The Kier molecular flexibility index (Phi) is 22.0. The van der Waals surface area contributed by atoms with Crippen molar-refractivity contribution in [1.29, 1.82) is 0 Å². The summed E-state index contributed by atoms with van der Waals surface area (Å²) >= 11 is 4.09. The fraction of sp³-hybridized carbons (Fsp3) is 0.793. The second kappa shape index (κ2) is 22.9. The second-order valence-electron chi connectivity index (χ2n) is 10.3. The van der Waals surface area contributed by atoms with Crippen LogP contribution in [0.3, 0.4) is 0 Å². The molecule has 0 aliphatic heterocycles. The first-order valence-corrected chi connectivity index (χ1v) is 14.7. The van der Waals surface area contributed by atoms with E-state index in [0.717, 1.165) is 32.1 Å². The number of thiol groups is 1. The molecule has 0 radical (unpaired) electrons. The summed E-state index contributed by atoms with van der Waals surface area (Å²) in [7, 11) is 0. The van der Waals surface area contributed by atoms with Crippen LogP contribution < -0.4 is 5.32 Å². The first-order chi connectivity index (χ1) is 17.3. The van der Waals surface area contributed by atoms with Gasteiger partial charge in [0.2, 0.25) is 5.91 Å². The number of carbonyl (C=O) groups excluding carboxylic acids is 2. The Bertz CT molecular complexity index is 622. The van der Waals surface area contributed by atoms with Gasteiger partial charge in [0.15, 0.2) is 0 Å². The highest BCUT2D eigenvalue weighted by atomic mass is 32.1. The van der Waals surface area contributed by atoms with Gasteiger partial charge in [-0.15, -0.1) is 0 Å². The lowest BCUT2D eigenvalue weighted by molar-refractivity contribution is -0.148. The van der Waals surface area contributed by atoms with Crippen molar-refractivity contribution in [3.8, 4) is 0 Å². The van der Waals surface area contributed by atoms with E-state index in [1.54, 1.807) is 18.7 Å². The molecule has 0 aliphatic carbocycles. The van der Waals surface area contributed by atoms with Crippen LogP contribution in [0.5, 0.6) is 0 Å². The summed E-state index contributed by atoms with van der Waals surface area (Å²) in [6.07, 6.45) is 21.7. The van der Waals surface area contributed by atoms with Gasteiger partial charge in [-0.25, -0.2) is 0 Å². The SMILES string of the molecule is CCCCC/C=C\C/C=C\CCCCCCCCN(CCC(=O)NCCS)C(=O)[C@H](O)C(C)(C)CO. The number of carbonyl (C=O) groups is 2. The summed E-state index contributed by atoms with van der Waals surface area (Å²) in [5.74, 6) is 0.0124. The number of amides is 2. The van der Waals surface area contributed by atoms with Crippen molar-refractivity contribution >= 4 is 24.4 Å². The van der Waals surface area contributed by atoms with E-state index in [1.807, 2.05) is 0 Å². The lowest BCUT2D eigenvalue weighted by Crippen LogP contribution is -2.48. The topological polar surface area (TPSA) is 89.9 Å². The van der Waals surface area contributed by atoms with Crippen LogP contribution in [-0.2, 0) is 9.59 Å². The minimum atomic E-state index is -1.30. The molecule has 0 aromatic carbocycles. The summed E-state index contributed by atoms with van der Waals surface area (Å²) < 4.78 is 0. The maximum absolute atomic E-state index is 12.9. The quantitative estimate of drug-likeness (QED) is 0.0810. The molecule has 0 aromatic heterocycles. The molecular formula is C29H54N2O4S. The van der Waals surface area contributed by atoms with Crippen LogP contribution in [0.25, 0.3) is 0 Å². The summed E-state index contributed by atoms with van der Waals surface area (Å²) in [5.41, 5.74) is -0.928. The summed E-state index contributed by atoms with van der Waals surface area (Å²) in [6, 6.07) is 0. The Morgan fingerprint density at radius 3 is 2.08 bits per heavy atom. The number of hydrogen-bond donors (Lipinski definition) is 4. The van der Waals surface area contributed by atoms with E-state index >= 15 is 0 Å². The van der Waals surface area contributed by atoms with E-state index < -0.39 is 17.4 Å². The predicted molar refractivity (Wildman–Crippen MR) is 154 cm³/mol. The minimum absolute atomic E-state index is 0.130. The molecule has 2 amide bonds. The zero-order chi connectivity index (χ0) is 27.1. The number of allylic oxidation sites excluding steroid dienone is 4. The van der Waals surface area contributed by atoms with E-state index in [-0.39, 0.29) is 25.5 Å². The van der Waals surface area contributed by atoms with Gasteiger partial charge < -0.3 is 20.4 Å². The van der Waals surface area contributed by atoms with Gasteiger partial charge in [-0.3, -0.25) is 9.59 Å². The fourth-order valence-electron chi connectivity index (χ4n) is 3.74. The third-order valence-corrected chi connectivity index (χ3v) is 6.59. The number of aliphatic hydroxyl groups excluding tert-OH is 2. The Labute approximate surface area is 226 Å². The standard InChI is InChI=1S/C29H54N2O4S/c1-4-5-6-7-8-9-10-11-12-13-14-15-16-17-18-19-22-31(23-20-26(33)30-21-24-36)28(35)27(34)29(2,3)25-32/h8-9,11-12,27,32,34,36H,4-7,10,13-25H2,1-3H3,(H,30,33)/b9-8-,12-11-/t27-/m0/s1. The van der Waals surface area contributed by atoms with Crippen molar-refractivity contribution in [2.75, 3.05) is 32.0 Å². The van der Waals surface area contributed by atoms with Crippen LogP contribution in [-0.4, -0.2) is 65.0 Å². The van der Waals surface area contributed by atoms with Crippen molar-refractivity contribution in [2.24, 2.45) is 5.41 Å². The van der Waals surface area contributed by atoms with Crippen LogP contribution >= 0.6 is 12.6 Å². The highest BCUT2D eigenvalue weighted by molar-refractivity contribution is 7.80. The lowest BCUT2D eigenvalue weighted by atomic mass is 9.86.